The molecule has 0 spiro atoms. The second kappa shape index (κ2) is 5.86. The number of imidazole rings is 1. The van der Waals surface area contributed by atoms with Gasteiger partial charge in [-0.3, -0.25) is 9.69 Å². The summed E-state index contributed by atoms with van der Waals surface area (Å²) >= 11 is 9.43. The third kappa shape index (κ3) is 2.79. The average Bonchev–Trinajstić information content (AvgIpc) is 3.04. The number of carbonyl (C=O) groups excluding carboxylic acids is 1. The molecule has 9 heteroatoms. The van der Waals surface area contributed by atoms with Crippen molar-refractivity contribution in [1.82, 2.24) is 14.5 Å². The van der Waals surface area contributed by atoms with Crippen molar-refractivity contribution in [3.05, 3.63) is 44.9 Å². The molecule has 0 saturated heterocycles. The van der Waals surface area contributed by atoms with E-state index in [1.165, 1.54) is 4.90 Å². The Balaban J connectivity index is 1.84. The molecule has 2 N–H and O–H groups in total. The Kier molecular flexibility index (Phi) is 4.03. The Hall–Kier alpha value is -2.06. The summed E-state index contributed by atoms with van der Waals surface area (Å²) in [6.07, 6.45) is -1.00. The first-order chi connectivity index (χ1) is 10.9. The lowest BCUT2D eigenvalue weighted by Gasteiger charge is -2.12. The van der Waals surface area contributed by atoms with Crippen LogP contribution in [-0.2, 0) is 20.1 Å². The number of carboxylic acid groups (broad SMARTS) is 1. The van der Waals surface area contributed by atoms with Gasteiger partial charge in [-0.15, -0.1) is 0 Å². The number of hydrogen-bond donors (Lipinski definition) is 2. The Bertz CT molecular complexity index is 821. The van der Waals surface area contributed by atoms with E-state index in [1.807, 2.05) is 0 Å². The lowest BCUT2D eigenvalue weighted by molar-refractivity contribution is 0.101. The third-order valence-corrected chi connectivity index (χ3v) is 4.95. The third-order valence-electron chi connectivity index (χ3n) is 3.65. The van der Waals surface area contributed by atoms with Gasteiger partial charge >= 0.3 is 6.09 Å². The van der Waals surface area contributed by atoms with E-state index in [4.69, 9.17) is 16.7 Å². The van der Waals surface area contributed by atoms with Gasteiger partial charge in [0, 0.05) is 11.5 Å². The van der Waals surface area contributed by atoms with Crippen LogP contribution in [0.4, 0.5) is 10.5 Å². The normalized spacial score (nSPS) is 13.1. The van der Waals surface area contributed by atoms with Crippen LogP contribution in [0.3, 0.4) is 0 Å². The molecule has 0 aliphatic carbocycles. The largest absolute Gasteiger partial charge is 0.465 e. The van der Waals surface area contributed by atoms with E-state index in [2.05, 4.69) is 26.2 Å². The summed E-state index contributed by atoms with van der Waals surface area (Å²) < 4.78 is 2.29. The first-order valence-electron chi connectivity index (χ1n) is 6.66. The Labute approximate surface area is 145 Å². The van der Waals surface area contributed by atoms with Gasteiger partial charge in [-0.1, -0.05) is 17.7 Å². The summed E-state index contributed by atoms with van der Waals surface area (Å²) in [4.78, 5) is 28.9. The lowest BCUT2D eigenvalue weighted by atomic mass is 10.3. The van der Waals surface area contributed by atoms with Gasteiger partial charge in [0.25, 0.3) is 5.91 Å². The molecule has 2 heterocycles. The number of anilines is 1. The molecule has 0 fully saturated rings. The Morgan fingerprint density at radius 2 is 2.13 bits per heavy atom. The van der Waals surface area contributed by atoms with Crippen molar-refractivity contribution in [2.75, 3.05) is 5.32 Å². The molecule has 1 aromatic heterocycles. The van der Waals surface area contributed by atoms with Gasteiger partial charge in [0.05, 0.1) is 35.2 Å². The number of benzene rings is 1. The first kappa shape index (κ1) is 15.8. The smallest absolute Gasteiger partial charge is 0.408 e. The van der Waals surface area contributed by atoms with E-state index in [0.29, 0.717) is 20.9 Å². The predicted molar refractivity (Wildman–Crippen MR) is 87.6 cm³/mol. The van der Waals surface area contributed by atoms with E-state index in [-0.39, 0.29) is 18.9 Å². The fourth-order valence-electron chi connectivity index (χ4n) is 2.45. The zero-order valence-electron chi connectivity index (χ0n) is 12.0. The van der Waals surface area contributed by atoms with Crippen LogP contribution in [0.5, 0.6) is 0 Å². The molecule has 1 aromatic carbocycles. The van der Waals surface area contributed by atoms with Gasteiger partial charge < -0.3 is 15.0 Å². The van der Waals surface area contributed by atoms with Crippen molar-refractivity contribution in [3.8, 4) is 0 Å². The fourth-order valence-corrected chi connectivity index (χ4v) is 2.99. The minimum atomic E-state index is -1.00. The van der Waals surface area contributed by atoms with Crippen LogP contribution in [-0.4, -0.2) is 31.6 Å². The summed E-state index contributed by atoms with van der Waals surface area (Å²) in [7, 11) is 1.69. The van der Waals surface area contributed by atoms with Gasteiger partial charge in [0.15, 0.2) is 5.82 Å². The number of aromatic nitrogens is 2. The number of fused-ring (bicyclic) bond motifs is 1. The van der Waals surface area contributed by atoms with Crippen molar-refractivity contribution >= 4 is 45.2 Å². The first-order valence-corrected chi connectivity index (χ1v) is 7.83. The van der Waals surface area contributed by atoms with E-state index in [0.717, 1.165) is 5.69 Å². The van der Waals surface area contributed by atoms with Crippen LogP contribution in [0.2, 0.25) is 5.02 Å². The van der Waals surface area contributed by atoms with E-state index in [1.54, 1.807) is 29.8 Å². The van der Waals surface area contributed by atoms with Crippen molar-refractivity contribution in [1.29, 1.82) is 0 Å². The number of hydrogen-bond acceptors (Lipinski definition) is 3. The maximum atomic E-state index is 12.4. The van der Waals surface area contributed by atoms with Gasteiger partial charge in [-0.25, -0.2) is 9.78 Å². The van der Waals surface area contributed by atoms with E-state index >= 15 is 0 Å². The quantitative estimate of drug-likeness (QED) is 0.812. The van der Waals surface area contributed by atoms with Gasteiger partial charge in [0.1, 0.15) is 0 Å². The minimum Gasteiger partial charge on any atom is -0.465 e. The standard InChI is InChI=1S/C14H12BrClN4O3/c1-19-10-6-20(14(22)23)5-9(10)17-12(19)13(21)18-8-4-2-3-7(15)11(8)16/h2-4H,5-6H2,1H3,(H,18,21)(H,22,23). The summed E-state index contributed by atoms with van der Waals surface area (Å²) in [6, 6.07) is 5.22. The summed E-state index contributed by atoms with van der Waals surface area (Å²) in [6.45, 7) is 0.405. The van der Waals surface area contributed by atoms with Crippen LogP contribution in [0.1, 0.15) is 22.0 Å². The molecular formula is C14H12BrClN4O3. The van der Waals surface area contributed by atoms with Crippen molar-refractivity contribution in [2.24, 2.45) is 7.05 Å². The number of amides is 2. The second-order valence-corrected chi connectivity index (χ2v) is 6.31. The molecular weight excluding hydrogens is 388 g/mol. The predicted octanol–water partition coefficient (Wildman–Crippen LogP) is 3.08. The molecule has 2 aromatic rings. The van der Waals surface area contributed by atoms with Crippen LogP contribution in [0.25, 0.3) is 0 Å². The molecule has 0 unspecified atom stereocenters. The molecule has 7 nitrogen and oxygen atoms in total. The second-order valence-electron chi connectivity index (χ2n) is 5.08. The topological polar surface area (TPSA) is 87.5 Å². The van der Waals surface area contributed by atoms with E-state index in [9.17, 15) is 9.59 Å². The van der Waals surface area contributed by atoms with Crippen molar-refractivity contribution < 1.29 is 14.7 Å². The summed E-state index contributed by atoms with van der Waals surface area (Å²) in [5, 5.41) is 12.1. The minimum absolute atomic E-state index is 0.184. The average molecular weight is 400 g/mol. The molecule has 23 heavy (non-hydrogen) atoms. The summed E-state index contributed by atoms with van der Waals surface area (Å²) in [5.41, 5.74) is 1.79. The zero-order chi connectivity index (χ0) is 16.7. The van der Waals surface area contributed by atoms with Gasteiger partial charge in [0.2, 0.25) is 0 Å². The van der Waals surface area contributed by atoms with E-state index < -0.39 is 12.0 Å². The molecule has 2 amide bonds. The van der Waals surface area contributed by atoms with Crippen molar-refractivity contribution in [3.63, 3.8) is 0 Å². The maximum absolute atomic E-state index is 12.4. The molecule has 1 aliphatic heterocycles. The SMILES string of the molecule is Cn1c(C(=O)Nc2cccc(Br)c2Cl)nc2c1CN(C(=O)O)C2. The highest BCUT2D eigenvalue weighted by atomic mass is 79.9. The Morgan fingerprint density at radius 1 is 1.39 bits per heavy atom. The number of nitrogens with one attached hydrogen (secondary N) is 1. The highest BCUT2D eigenvalue weighted by Crippen LogP contribution is 2.30. The van der Waals surface area contributed by atoms with Crippen LogP contribution in [0.15, 0.2) is 22.7 Å². The maximum Gasteiger partial charge on any atom is 0.408 e. The fraction of sp³-hybridized carbons (Fsp3) is 0.214. The highest BCUT2D eigenvalue weighted by molar-refractivity contribution is 9.10. The Morgan fingerprint density at radius 3 is 2.78 bits per heavy atom. The molecule has 0 atom stereocenters. The number of nitrogens with zero attached hydrogens (tertiary/aromatic N) is 3. The zero-order valence-corrected chi connectivity index (χ0v) is 14.3. The highest BCUT2D eigenvalue weighted by Gasteiger charge is 2.30. The molecule has 120 valence electrons. The van der Waals surface area contributed by atoms with Gasteiger partial charge in [-0.2, -0.15) is 0 Å². The number of halogens is 2. The molecule has 0 bridgehead atoms. The molecule has 3 rings (SSSR count). The molecule has 0 saturated carbocycles. The number of carbonyl (C=O) groups is 2. The van der Waals surface area contributed by atoms with Crippen LogP contribution >= 0.6 is 27.5 Å². The van der Waals surface area contributed by atoms with Gasteiger partial charge in [-0.05, 0) is 28.1 Å². The summed E-state index contributed by atoms with van der Waals surface area (Å²) in [5.74, 6) is -0.181. The molecule has 0 radical (unpaired) electrons. The number of rotatable bonds is 2. The lowest BCUT2D eigenvalue weighted by Crippen LogP contribution is -2.25. The molecule has 1 aliphatic rings. The van der Waals surface area contributed by atoms with Crippen LogP contribution < -0.4 is 5.32 Å². The monoisotopic (exact) mass is 398 g/mol. The van der Waals surface area contributed by atoms with Crippen molar-refractivity contribution in [2.45, 2.75) is 13.1 Å². The van der Waals surface area contributed by atoms with Crippen LogP contribution in [0, 0.1) is 0 Å².